The van der Waals surface area contributed by atoms with Gasteiger partial charge in [0, 0.05) is 13.1 Å². The molecule has 1 amide bonds. The van der Waals surface area contributed by atoms with Crippen LogP contribution in [0.5, 0.6) is 5.75 Å². The molecule has 1 heterocycles. The second-order valence-electron chi connectivity index (χ2n) is 3.50. The van der Waals surface area contributed by atoms with E-state index < -0.39 is 11.9 Å². The number of nitrogens with zero attached hydrogens (tertiary/aromatic N) is 1. The standard InChI is InChI=1S/C10H11FN2O2/c1-5-10(14)13(2)9-7(12)3-6(11)4-8(9)15-5/h3-5H,12H2,1-2H3. The number of fused-ring (bicyclic) bond motifs is 1. The van der Waals surface area contributed by atoms with Gasteiger partial charge in [0.15, 0.2) is 6.10 Å². The van der Waals surface area contributed by atoms with Crippen LogP contribution in [0.4, 0.5) is 15.8 Å². The number of carbonyl (C=O) groups is 1. The highest BCUT2D eigenvalue weighted by molar-refractivity contribution is 6.02. The van der Waals surface area contributed by atoms with Gasteiger partial charge in [-0.3, -0.25) is 4.79 Å². The molecule has 0 spiro atoms. The van der Waals surface area contributed by atoms with Crippen molar-refractivity contribution in [3.8, 4) is 5.75 Å². The predicted octanol–water partition coefficient (Wildman–Crippen LogP) is 1.15. The van der Waals surface area contributed by atoms with Crippen LogP contribution in [0.25, 0.3) is 0 Å². The fraction of sp³-hybridized carbons (Fsp3) is 0.300. The first-order chi connectivity index (χ1) is 7.00. The summed E-state index contributed by atoms with van der Waals surface area (Å²) in [5.41, 5.74) is 6.26. The van der Waals surface area contributed by atoms with Gasteiger partial charge in [0.2, 0.25) is 0 Å². The van der Waals surface area contributed by atoms with Crippen molar-refractivity contribution in [3.05, 3.63) is 17.9 Å². The Morgan fingerprint density at radius 1 is 1.53 bits per heavy atom. The van der Waals surface area contributed by atoms with Gasteiger partial charge < -0.3 is 15.4 Å². The zero-order chi connectivity index (χ0) is 11.2. The number of rotatable bonds is 0. The van der Waals surface area contributed by atoms with Crippen LogP contribution in [-0.4, -0.2) is 19.1 Å². The van der Waals surface area contributed by atoms with Crippen molar-refractivity contribution in [2.75, 3.05) is 17.7 Å². The van der Waals surface area contributed by atoms with Gasteiger partial charge in [-0.05, 0) is 13.0 Å². The quantitative estimate of drug-likeness (QED) is 0.653. The average Bonchev–Trinajstić information content (AvgIpc) is 2.13. The smallest absolute Gasteiger partial charge is 0.267 e. The molecule has 1 aliphatic heterocycles. The summed E-state index contributed by atoms with van der Waals surface area (Å²) in [6, 6.07) is 2.40. The first-order valence-corrected chi connectivity index (χ1v) is 4.54. The Morgan fingerprint density at radius 3 is 2.87 bits per heavy atom. The average molecular weight is 210 g/mol. The molecule has 0 aliphatic carbocycles. The van der Waals surface area contributed by atoms with Crippen molar-refractivity contribution in [2.45, 2.75) is 13.0 Å². The lowest BCUT2D eigenvalue weighted by molar-refractivity contribution is -0.125. The van der Waals surface area contributed by atoms with Crippen molar-refractivity contribution in [1.82, 2.24) is 0 Å². The Balaban J connectivity index is 2.60. The third-order valence-corrected chi connectivity index (χ3v) is 2.39. The number of likely N-dealkylation sites (N-methyl/N-ethyl adjacent to an activating group) is 1. The van der Waals surface area contributed by atoms with Crippen molar-refractivity contribution >= 4 is 17.3 Å². The summed E-state index contributed by atoms with van der Waals surface area (Å²) in [7, 11) is 1.59. The molecule has 0 saturated heterocycles. The molecule has 0 saturated carbocycles. The maximum atomic E-state index is 13.0. The molecule has 2 rings (SSSR count). The lowest BCUT2D eigenvalue weighted by Crippen LogP contribution is -2.42. The molecule has 15 heavy (non-hydrogen) atoms. The van der Waals surface area contributed by atoms with Gasteiger partial charge in [-0.25, -0.2) is 4.39 Å². The van der Waals surface area contributed by atoms with E-state index in [4.69, 9.17) is 10.5 Å². The van der Waals surface area contributed by atoms with Crippen LogP contribution in [0, 0.1) is 5.82 Å². The van der Waals surface area contributed by atoms with E-state index in [1.165, 1.54) is 17.0 Å². The summed E-state index contributed by atoms with van der Waals surface area (Å²) in [6.45, 7) is 1.61. The Hall–Kier alpha value is -1.78. The number of nitrogens with two attached hydrogens (primary N) is 1. The number of amides is 1. The predicted molar refractivity (Wildman–Crippen MR) is 54.3 cm³/mol. The van der Waals surface area contributed by atoms with Crippen LogP contribution in [0.1, 0.15) is 6.92 Å². The molecule has 0 fully saturated rings. The molecular formula is C10H11FN2O2. The third-order valence-electron chi connectivity index (χ3n) is 2.39. The van der Waals surface area contributed by atoms with Crippen LogP contribution >= 0.6 is 0 Å². The molecule has 0 radical (unpaired) electrons. The van der Waals surface area contributed by atoms with E-state index in [9.17, 15) is 9.18 Å². The lowest BCUT2D eigenvalue weighted by Gasteiger charge is -2.31. The van der Waals surface area contributed by atoms with E-state index in [1.54, 1.807) is 14.0 Å². The van der Waals surface area contributed by atoms with Gasteiger partial charge in [0.1, 0.15) is 17.3 Å². The maximum absolute atomic E-state index is 13.0. The minimum absolute atomic E-state index is 0.194. The fourth-order valence-corrected chi connectivity index (χ4v) is 1.67. The van der Waals surface area contributed by atoms with Gasteiger partial charge in [-0.1, -0.05) is 0 Å². The highest BCUT2D eigenvalue weighted by Crippen LogP contribution is 2.38. The number of benzene rings is 1. The van der Waals surface area contributed by atoms with Gasteiger partial charge in [0.05, 0.1) is 5.69 Å². The monoisotopic (exact) mass is 210 g/mol. The zero-order valence-electron chi connectivity index (χ0n) is 8.45. The first-order valence-electron chi connectivity index (χ1n) is 4.54. The van der Waals surface area contributed by atoms with Crippen molar-refractivity contribution in [1.29, 1.82) is 0 Å². The number of halogens is 1. The van der Waals surface area contributed by atoms with Gasteiger partial charge in [-0.15, -0.1) is 0 Å². The Bertz CT molecular complexity index is 434. The molecule has 1 aromatic carbocycles. The summed E-state index contributed by atoms with van der Waals surface area (Å²) in [6.07, 6.45) is -0.608. The summed E-state index contributed by atoms with van der Waals surface area (Å²) in [5.74, 6) is -0.357. The molecule has 0 aromatic heterocycles. The molecule has 1 atom stereocenters. The van der Waals surface area contributed by atoms with Crippen molar-refractivity contribution < 1.29 is 13.9 Å². The van der Waals surface area contributed by atoms with E-state index in [-0.39, 0.29) is 11.6 Å². The normalized spacial score (nSPS) is 19.8. The number of hydrogen-bond acceptors (Lipinski definition) is 3. The van der Waals surface area contributed by atoms with E-state index in [0.717, 1.165) is 0 Å². The Morgan fingerprint density at radius 2 is 2.20 bits per heavy atom. The molecule has 80 valence electrons. The molecule has 1 unspecified atom stereocenters. The van der Waals surface area contributed by atoms with Gasteiger partial charge in [-0.2, -0.15) is 0 Å². The number of hydrogen-bond donors (Lipinski definition) is 1. The summed E-state index contributed by atoms with van der Waals surface area (Å²) in [4.78, 5) is 13.0. The molecule has 2 N–H and O–H groups in total. The molecule has 5 heteroatoms. The van der Waals surface area contributed by atoms with E-state index in [1.807, 2.05) is 0 Å². The van der Waals surface area contributed by atoms with Crippen molar-refractivity contribution in [2.24, 2.45) is 0 Å². The molecule has 1 aromatic rings. The second kappa shape index (κ2) is 3.12. The minimum Gasteiger partial charge on any atom is -0.478 e. The Labute approximate surface area is 86.4 Å². The van der Waals surface area contributed by atoms with E-state index in [0.29, 0.717) is 11.4 Å². The SMILES string of the molecule is CC1Oc2cc(F)cc(N)c2N(C)C1=O. The number of anilines is 2. The second-order valence-corrected chi connectivity index (χ2v) is 3.50. The highest BCUT2D eigenvalue weighted by atomic mass is 19.1. The van der Waals surface area contributed by atoms with E-state index in [2.05, 4.69) is 0 Å². The molecule has 1 aliphatic rings. The topological polar surface area (TPSA) is 55.6 Å². The molecular weight excluding hydrogens is 199 g/mol. The van der Waals surface area contributed by atoms with Crippen molar-refractivity contribution in [3.63, 3.8) is 0 Å². The summed E-state index contributed by atoms with van der Waals surface area (Å²) < 4.78 is 18.3. The highest BCUT2D eigenvalue weighted by Gasteiger charge is 2.30. The number of nitrogen functional groups attached to an aromatic ring is 1. The van der Waals surface area contributed by atoms with Crippen LogP contribution in [0.2, 0.25) is 0 Å². The lowest BCUT2D eigenvalue weighted by atomic mass is 10.1. The maximum Gasteiger partial charge on any atom is 0.267 e. The largest absolute Gasteiger partial charge is 0.478 e. The number of ether oxygens (including phenoxy) is 1. The van der Waals surface area contributed by atoms with Gasteiger partial charge >= 0.3 is 0 Å². The minimum atomic E-state index is -0.608. The van der Waals surface area contributed by atoms with Crippen LogP contribution < -0.4 is 15.4 Å². The molecule has 4 nitrogen and oxygen atoms in total. The Kier molecular flexibility index (Phi) is 2.03. The number of carbonyl (C=O) groups excluding carboxylic acids is 1. The van der Waals surface area contributed by atoms with Crippen LogP contribution in [0.15, 0.2) is 12.1 Å². The fourth-order valence-electron chi connectivity index (χ4n) is 1.67. The van der Waals surface area contributed by atoms with Crippen LogP contribution in [-0.2, 0) is 4.79 Å². The zero-order valence-corrected chi connectivity index (χ0v) is 8.45. The van der Waals surface area contributed by atoms with Gasteiger partial charge in [0.25, 0.3) is 5.91 Å². The van der Waals surface area contributed by atoms with Crippen LogP contribution in [0.3, 0.4) is 0 Å². The molecule has 0 bridgehead atoms. The summed E-state index contributed by atoms with van der Waals surface area (Å²) >= 11 is 0. The summed E-state index contributed by atoms with van der Waals surface area (Å²) in [5, 5.41) is 0. The van der Waals surface area contributed by atoms with E-state index >= 15 is 0 Å². The first kappa shape index (κ1) is 9.76. The third kappa shape index (κ3) is 1.40.